The van der Waals surface area contributed by atoms with Crippen molar-refractivity contribution >= 4 is 35.3 Å². The van der Waals surface area contributed by atoms with Gasteiger partial charge in [-0.3, -0.25) is 9.48 Å². The molecule has 1 aromatic heterocycles. The summed E-state index contributed by atoms with van der Waals surface area (Å²) >= 11 is 12.1. The van der Waals surface area contributed by atoms with Gasteiger partial charge in [-0.05, 0) is 43.7 Å². The van der Waals surface area contributed by atoms with Crippen LogP contribution in [-0.2, 0) is 6.54 Å². The summed E-state index contributed by atoms with van der Waals surface area (Å²) in [5.74, 6) is -0.326. The average molecular weight is 401 g/mol. The first-order valence-corrected chi connectivity index (χ1v) is 9.07. The highest BCUT2D eigenvalue weighted by atomic mass is 35.5. The molecule has 138 valence electrons. The monoisotopic (exact) mass is 400 g/mol. The van der Waals surface area contributed by atoms with Gasteiger partial charge in [0.05, 0.1) is 18.5 Å². The Morgan fingerprint density at radius 1 is 1.19 bits per heavy atom. The van der Waals surface area contributed by atoms with Gasteiger partial charge in [-0.1, -0.05) is 47.5 Å². The summed E-state index contributed by atoms with van der Waals surface area (Å²) in [5, 5.41) is 9.81. The zero-order valence-electron chi connectivity index (χ0n) is 14.9. The molecule has 0 spiro atoms. The van der Waals surface area contributed by atoms with Crippen molar-refractivity contribution in [1.82, 2.24) is 15.2 Å². The standard InChI is InChI=1S/C20H18Cl2N4O/c1-13-18(11-23-24-20(27)15-7-5-8-17(21)10-15)14(2)26(25-13)12-16-6-3-4-9-19(16)22/h3-11H,12H2,1-2H3,(H,24,27)/b23-11-. The van der Waals surface area contributed by atoms with Crippen LogP contribution in [0.25, 0.3) is 0 Å². The van der Waals surface area contributed by atoms with Crippen LogP contribution in [0, 0.1) is 13.8 Å². The molecule has 1 amide bonds. The number of aryl methyl sites for hydroxylation is 1. The van der Waals surface area contributed by atoms with Gasteiger partial charge in [0, 0.05) is 26.9 Å². The number of halogens is 2. The molecule has 0 fully saturated rings. The minimum Gasteiger partial charge on any atom is -0.267 e. The van der Waals surface area contributed by atoms with E-state index in [4.69, 9.17) is 23.2 Å². The maximum Gasteiger partial charge on any atom is 0.271 e. The van der Waals surface area contributed by atoms with Gasteiger partial charge in [0.1, 0.15) is 0 Å². The fourth-order valence-electron chi connectivity index (χ4n) is 2.69. The van der Waals surface area contributed by atoms with Crippen LogP contribution in [-0.4, -0.2) is 21.9 Å². The summed E-state index contributed by atoms with van der Waals surface area (Å²) < 4.78 is 1.87. The molecule has 0 bridgehead atoms. The van der Waals surface area contributed by atoms with Gasteiger partial charge in [0.15, 0.2) is 0 Å². The Morgan fingerprint density at radius 2 is 1.96 bits per heavy atom. The Labute approximate surface area is 167 Å². The third kappa shape index (κ3) is 4.56. The Morgan fingerprint density at radius 3 is 2.70 bits per heavy atom. The second kappa shape index (κ2) is 8.37. The van der Waals surface area contributed by atoms with Gasteiger partial charge >= 0.3 is 0 Å². The maximum atomic E-state index is 12.1. The number of aromatic nitrogens is 2. The Kier molecular flexibility index (Phi) is 5.94. The van der Waals surface area contributed by atoms with Crippen molar-refractivity contribution in [2.75, 3.05) is 0 Å². The first kappa shape index (κ1) is 19.1. The molecular formula is C20H18Cl2N4O. The lowest BCUT2D eigenvalue weighted by molar-refractivity contribution is 0.0955. The van der Waals surface area contributed by atoms with Crippen molar-refractivity contribution in [3.05, 3.63) is 86.7 Å². The highest BCUT2D eigenvalue weighted by molar-refractivity contribution is 6.31. The summed E-state index contributed by atoms with van der Waals surface area (Å²) in [7, 11) is 0. The minimum absolute atomic E-state index is 0.326. The average Bonchev–Trinajstić information content (AvgIpc) is 2.91. The third-order valence-electron chi connectivity index (χ3n) is 4.16. The van der Waals surface area contributed by atoms with Crippen molar-refractivity contribution in [1.29, 1.82) is 0 Å². The Bertz CT molecular complexity index is 1010. The van der Waals surface area contributed by atoms with E-state index in [1.165, 1.54) is 0 Å². The van der Waals surface area contributed by atoms with Crippen molar-refractivity contribution in [3.8, 4) is 0 Å². The van der Waals surface area contributed by atoms with Gasteiger partial charge in [-0.2, -0.15) is 10.2 Å². The summed E-state index contributed by atoms with van der Waals surface area (Å²) in [6.07, 6.45) is 1.60. The van der Waals surface area contributed by atoms with E-state index in [1.807, 2.05) is 42.8 Å². The number of hydrogen-bond acceptors (Lipinski definition) is 3. The highest BCUT2D eigenvalue weighted by Crippen LogP contribution is 2.18. The van der Waals surface area contributed by atoms with E-state index in [-0.39, 0.29) is 5.91 Å². The molecule has 0 saturated heterocycles. The number of hydrogen-bond donors (Lipinski definition) is 1. The topological polar surface area (TPSA) is 59.3 Å². The van der Waals surface area contributed by atoms with Gasteiger partial charge < -0.3 is 0 Å². The van der Waals surface area contributed by atoms with E-state index in [9.17, 15) is 4.79 Å². The van der Waals surface area contributed by atoms with Crippen LogP contribution in [0.5, 0.6) is 0 Å². The number of amides is 1. The highest BCUT2D eigenvalue weighted by Gasteiger charge is 2.11. The SMILES string of the molecule is Cc1nn(Cc2ccccc2Cl)c(C)c1/C=N\NC(=O)c1cccc(Cl)c1. The minimum atomic E-state index is -0.326. The van der Waals surface area contributed by atoms with E-state index < -0.39 is 0 Å². The molecule has 7 heteroatoms. The summed E-state index contributed by atoms with van der Waals surface area (Å²) in [6, 6.07) is 14.4. The Hall–Kier alpha value is -2.63. The van der Waals surface area contributed by atoms with Gasteiger partial charge in [-0.25, -0.2) is 5.43 Å². The largest absolute Gasteiger partial charge is 0.271 e. The summed E-state index contributed by atoms with van der Waals surface area (Å²) in [4.78, 5) is 12.1. The second-order valence-corrected chi connectivity index (χ2v) is 6.89. The predicted molar refractivity (Wildman–Crippen MR) is 109 cm³/mol. The number of hydrazone groups is 1. The number of rotatable bonds is 5. The molecule has 2 aromatic carbocycles. The Balaban J connectivity index is 1.74. The summed E-state index contributed by atoms with van der Waals surface area (Å²) in [6.45, 7) is 4.42. The number of carbonyl (C=O) groups is 1. The zero-order valence-corrected chi connectivity index (χ0v) is 16.4. The molecule has 3 rings (SSSR count). The molecule has 0 radical (unpaired) electrons. The van der Waals surface area contributed by atoms with E-state index in [0.29, 0.717) is 22.2 Å². The lowest BCUT2D eigenvalue weighted by atomic mass is 10.2. The van der Waals surface area contributed by atoms with E-state index in [2.05, 4.69) is 15.6 Å². The molecule has 5 nitrogen and oxygen atoms in total. The smallest absolute Gasteiger partial charge is 0.267 e. The van der Waals surface area contributed by atoms with Crippen molar-refractivity contribution in [2.45, 2.75) is 20.4 Å². The fourth-order valence-corrected chi connectivity index (χ4v) is 3.08. The predicted octanol–water partition coefficient (Wildman–Crippen LogP) is 4.62. The van der Waals surface area contributed by atoms with Crippen LogP contribution >= 0.6 is 23.2 Å². The van der Waals surface area contributed by atoms with E-state index in [0.717, 1.165) is 22.5 Å². The zero-order chi connectivity index (χ0) is 19.4. The maximum absolute atomic E-state index is 12.1. The normalized spacial score (nSPS) is 11.1. The second-order valence-electron chi connectivity index (χ2n) is 6.04. The first-order chi connectivity index (χ1) is 13.0. The molecule has 27 heavy (non-hydrogen) atoms. The van der Waals surface area contributed by atoms with Gasteiger partial charge in [0.25, 0.3) is 5.91 Å². The molecule has 1 heterocycles. The van der Waals surface area contributed by atoms with Crippen molar-refractivity contribution in [2.24, 2.45) is 5.10 Å². The molecule has 0 aliphatic carbocycles. The molecule has 3 aromatic rings. The van der Waals surface area contributed by atoms with Crippen molar-refractivity contribution in [3.63, 3.8) is 0 Å². The van der Waals surface area contributed by atoms with Crippen LogP contribution in [0.15, 0.2) is 53.6 Å². The van der Waals surface area contributed by atoms with Crippen LogP contribution in [0.2, 0.25) is 10.0 Å². The lowest BCUT2D eigenvalue weighted by Gasteiger charge is -2.06. The molecule has 0 aliphatic heterocycles. The molecule has 0 saturated carbocycles. The molecule has 1 N–H and O–H groups in total. The van der Waals surface area contributed by atoms with Crippen LogP contribution < -0.4 is 5.43 Å². The molecule has 0 unspecified atom stereocenters. The summed E-state index contributed by atoms with van der Waals surface area (Å²) in [5.41, 5.74) is 6.56. The molecule has 0 atom stereocenters. The van der Waals surface area contributed by atoms with E-state index >= 15 is 0 Å². The van der Waals surface area contributed by atoms with Crippen LogP contribution in [0.1, 0.15) is 32.9 Å². The number of nitrogens with one attached hydrogen (secondary N) is 1. The molecular weight excluding hydrogens is 383 g/mol. The van der Waals surface area contributed by atoms with Crippen molar-refractivity contribution < 1.29 is 4.79 Å². The van der Waals surface area contributed by atoms with Gasteiger partial charge in [-0.15, -0.1) is 0 Å². The fraction of sp³-hybridized carbons (Fsp3) is 0.150. The van der Waals surface area contributed by atoms with E-state index in [1.54, 1.807) is 30.5 Å². The third-order valence-corrected chi connectivity index (χ3v) is 4.77. The first-order valence-electron chi connectivity index (χ1n) is 8.32. The van der Waals surface area contributed by atoms with Crippen LogP contribution in [0.4, 0.5) is 0 Å². The van der Waals surface area contributed by atoms with Crippen LogP contribution in [0.3, 0.4) is 0 Å². The van der Waals surface area contributed by atoms with Gasteiger partial charge in [0.2, 0.25) is 0 Å². The molecule has 0 aliphatic rings. The number of nitrogens with zero attached hydrogens (tertiary/aromatic N) is 3. The number of benzene rings is 2. The quantitative estimate of drug-likeness (QED) is 0.501. The lowest BCUT2D eigenvalue weighted by Crippen LogP contribution is -2.17. The number of carbonyl (C=O) groups excluding carboxylic acids is 1.